The van der Waals surface area contributed by atoms with Crippen LogP contribution < -0.4 is 5.32 Å². The molecule has 2 aromatic carbocycles. The number of hydrogen-bond donors (Lipinski definition) is 2. The predicted molar refractivity (Wildman–Crippen MR) is 67.5 cm³/mol. The average molecular weight is 215 g/mol. The largest absolute Gasteiger partial charge is 0.381 e. The van der Waals surface area contributed by atoms with Gasteiger partial charge in [-0.25, -0.2) is 0 Å². The number of para-hydroxylation sites is 1. The highest BCUT2D eigenvalue weighted by atomic mass is 32.1. The summed E-state index contributed by atoms with van der Waals surface area (Å²) in [6.45, 7) is 0.845. The molecule has 0 saturated heterocycles. The van der Waals surface area contributed by atoms with E-state index < -0.39 is 0 Å². The van der Waals surface area contributed by atoms with Gasteiger partial charge in [0, 0.05) is 17.1 Å². The SMILES string of the molecule is Sc1ccc(CNc2ccccc2)cc1. The zero-order valence-electron chi connectivity index (χ0n) is 8.35. The molecule has 0 bridgehead atoms. The predicted octanol–water partition coefficient (Wildman–Crippen LogP) is 3.59. The Morgan fingerprint density at radius 2 is 1.53 bits per heavy atom. The summed E-state index contributed by atoms with van der Waals surface area (Å²) in [5.41, 5.74) is 2.41. The van der Waals surface area contributed by atoms with Crippen LogP contribution in [0, 0.1) is 0 Å². The number of anilines is 1. The molecule has 0 radical (unpaired) electrons. The maximum absolute atomic E-state index is 4.25. The van der Waals surface area contributed by atoms with Gasteiger partial charge in [-0.2, -0.15) is 0 Å². The summed E-state index contributed by atoms with van der Waals surface area (Å²) < 4.78 is 0. The highest BCUT2D eigenvalue weighted by Crippen LogP contribution is 2.10. The molecule has 0 saturated carbocycles. The summed E-state index contributed by atoms with van der Waals surface area (Å²) in [4.78, 5) is 0.999. The number of benzene rings is 2. The Morgan fingerprint density at radius 1 is 0.867 bits per heavy atom. The first kappa shape index (κ1) is 10.1. The van der Waals surface area contributed by atoms with Crippen LogP contribution in [0.3, 0.4) is 0 Å². The lowest BCUT2D eigenvalue weighted by molar-refractivity contribution is 1.14. The average Bonchev–Trinajstić information content (AvgIpc) is 2.30. The lowest BCUT2D eigenvalue weighted by Gasteiger charge is -2.06. The van der Waals surface area contributed by atoms with Gasteiger partial charge in [-0.3, -0.25) is 0 Å². The zero-order chi connectivity index (χ0) is 10.5. The van der Waals surface area contributed by atoms with Crippen LogP contribution in [-0.2, 0) is 6.54 Å². The maximum atomic E-state index is 4.25. The van der Waals surface area contributed by atoms with Gasteiger partial charge in [0.1, 0.15) is 0 Å². The van der Waals surface area contributed by atoms with Crippen LogP contribution in [0.4, 0.5) is 5.69 Å². The van der Waals surface area contributed by atoms with E-state index in [4.69, 9.17) is 0 Å². The first-order chi connectivity index (χ1) is 7.34. The normalized spacial score (nSPS) is 9.93. The molecule has 1 nitrogen and oxygen atoms in total. The van der Waals surface area contributed by atoms with Crippen LogP contribution in [0.1, 0.15) is 5.56 Å². The Labute approximate surface area is 95.6 Å². The van der Waals surface area contributed by atoms with Crippen LogP contribution in [-0.4, -0.2) is 0 Å². The van der Waals surface area contributed by atoms with Gasteiger partial charge in [-0.1, -0.05) is 30.3 Å². The van der Waals surface area contributed by atoms with Crippen LogP contribution in [0.5, 0.6) is 0 Å². The summed E-state index contributed by atoms with van der Waals surface area (Å²) in [5.74, 6) is 0. The van der Waals surface area contributed by atoms with Crippen molar-refractivity contribution >= 4 is 18.3 Å². The van der Waals surface area contributed by atoms with Crippen molar-refractivity contribution in [2.75, 3.05) is 5.32 Å². The molecule has 76 valence electrons. The van der Waals surface area contributed by atoms with E-state index in [1.807, 2.05) is 30.3 Å². The summed E-state index contributed by atoms with van der Waals surface area (Å²) in [6.07, 6.45) is 0. The molecule has 0 atom stereocenters. The molecule has 1 N–H and O–H groups in total. The minimum absolute atomic E-state index is 0.845. The van der Waals surface area contributed by atoms with Crippen molar-refractivity contribution in [1.29, 1.82) is 0 Å². The Hall–Kier alpha value is -1.41. The molecule has 0 heterocycles. The molecule has 0 aliphatic heterocycles. The molecule has 2 rings (SSSR count). The maximum Gasteiger partial charge on any atom is 0.0400 e. The summed E-state index contributed by atoms with van der Waals surface area (Å²) >= 11 is 4.25. The standard InChI is InChI=1S/C13H13NS/c15-13-8-6-11(7-9-13)10-14-12-4-2-1-3-5-12/h1-9,14-15H,10H2. The van der Waals surface area contributed by atoms with E-state index in [9.17, 15) is 0 Å². The molecular formula is C13H13NS. The molecule has 15 heavy (non-hydrogen) atoms. The van der Waals surface area contributed by atoms with Crippen LogP contribution >= 0.6 is 12.6 Å². The highest BCUT2D eigenvalue weighted by molar-refractivity contribution is 7.80. The van der Waals surface area contributed by atoms with Gasteiger partial charge in [0.05, 0.1) is 0 Å². The van der Waals surface area contributed by atoms with E-state index in [2.05, 4.69) is 42.2 Å². The molecule has 2 aromatic rings. The monoisotopic (exact) mass is 215 g/mol. The lowest BCUT2D eigenvalue weighted by atomic mass is 10.2. The fraction of sp³-hybridized carbons (Fsp3) is 0.0769. The number of thiol groups is 1. The van der Waals surface area contributed by atoms with E-state index in [-0.39, 0.29) is 0 Å². The van der Waals surface area contributed by atoms with Crippen molar-refractivity contribution < 1.29 is 0 Å². The summed E-state index contributed by atoms with van der Waals surface area (Å²) in [6, 6.07) is 18.4. The van der Waals surface area contributed by atoms with Gasteiger partial charge in [-0.05, 0) is 29.8 Å². The highest BCUT2D eigenvalue weighted by Gasteiger charge is 1.92. The Bertz CT molecular complexity index is 408. The van der Waals surface area contributed by atoms with E-state index in [1.165, 1.54) is 5.56 Å². The molecular weight excluding hydrogens is 202 g/mol. The van der Waals surface area contributed by atoms with Gasteiger partial charge in [-0.15, -0.1) is 12.6 Å². The van der Waals surface area contributed by atoms with Gasteiger partial charge in [0.25, 0.3) is 0 Å². The molecule has 0 aliphatic rings. The van der Waals surface area contributed by atoms with Crippen molar-refractivity contribution in [3.63, 3.8) is 0 Å². The number of hydrogen-bond acceptors (Lipinski definition) is 2. The Morgan fingerprint density at radius 3 is 2.20 bits per heavy atom. The van der Waals surface area contributed by atoms with Crippen LogP contribution in [0.15, 0.2) is 59.5 Å². The smallest absolute Gasteiger partial charge is 0.0400 e. The quantitative estimate of drug-likeness (QED) is 0.746. The number of nitrogens with one attached hydrogen (secondary N) is 1. The summed E-state index contributed by atoms with van der Waals surface area (Å²) in [5, 5.41) is 3.36. The van der Waals surface area contributed by atoms with E-state index in [1.54, 1.807) is 0 Å². The van der Waals surface area contributed by atoms with Crippen molar-refractivity contribution in [2.45, 2.75) is 11.4 Å². The molecule has 2 heteroatoms. The van der Waals surface area contributed by atoms with Crippen molar-refractivity contribution in [3.8, 4) is 0 Å². The third-order valence-electron chi connectivity index (χ3n) is 2.21. The van der Waals surface area contributed by atoms with Crippen LogP contribution in [0.2, 0.25) is 0 Å². The van der Waals surface area contributed by atoms with Gasteiger partial charge in [0.15, 0.2) is 0 Å². The fourth-order valence-electron chi connectivity index (χ4n) is 1.37. The first-order valence-corrected chi connectivity index (χ1v) is 5.36. The Kier molecular flexibility index (Phi) is 3.30. The van der Waals surface area contributed by atoms with Gasteiger partial charge in [0.2, 0.25) is 0 Å². The van der Waals surface area contributed by atoms with E-state index in [0.29, 0.717) is 0 Å². The molecule has 0 aliphatic carbocycles. The topological polar surface area (TPSA) is 12.0 Å². The molecule has 0 aromatic heterocycles. The molecule has 0 unspecified atom stereocenters. The molecule has 0 spiro atoms. The van der Waals surface area contributed by atoms with E-state index in [0.717, 1.165) is 17.1 Å². The number of rotatable bonds is 3. The van der Waals surface area contributed by atoms with Crippen molar-refractivity contribution in [2.24, 2.45) is 0 Å². The van der Waals surface area contributed by atoms with Crippen LogP contribution in [0.25, 0.3) is 0 Å². The fourth-order valence-corrected chi connectivity index (χ4v) is 1.52. The lowest BCUT2D eigenvalue weighted by Crippen LogP contribution is -1.98. The minimum Gasteiger partial charge on any atom is -0.381 e. The molecule has 0 amide bonds. The second-order valence-electron chi connectivity index (χ2n) is 3.39. The third-order valence-corrected chi connectivity index (χ3v) is 2.50. The third kappa shape index (κ3) is 3.03. The zero-order valence-corrected chi connectivity index (χ0v) is 9.24. The first-order valence-electron chi connectivity index (χ1n) is 4.91. The second-order valence-corrected chi connectivity index (χ2v) is 3.90. The van der Waals surface area contributed by atoms with Crippen molar-refractivity contribution in [1.82, 2.24) is 0 Å². The van der Waals surface area contributed by atoms with E-state index >= 15 is 0 Å². The molecule has 0 fully saturated rings. The summed E-state index contributed by atoms with van der Waals surface area (Å²) in [7, 11) is 0. The minimum atomic E-state index is 0.845. The van der Waals surface area contributed by atoms with Crippen molar-refractivity contribution in [3.05, 3.63) is 60.2 Å². The van der Waals surface area contributed by atoms with Gasteiger partial charge >= 0.3 is 0 Å². The van der Waals surface area contributed by atoms with Gasteiger partial charge < -0.3 is 5.32 Å². The second kappa shape index (κ2) is 4.89. The Balaban J connectivity index is 1.96.